The molecule has 148 valence electrons. The molecule has 0 amide bonds. The van der Waals surface area contributed by atoms with Gasteiger partial charge in [-0.05, 0) is 55.3 Å². The quantitative estimate of drug-likeness (QED) is 0.458. The summed E-state index contributed by atoms with van der Waals surface area (Å²) in [5.74, 6) is 1.84. The topological polar surface area (TPSA) is 109 Å². The number of hydrogen-bond acceptors (Lipinski definition) is 8. The van der Waals surface area contributed by atoms with Crippen LogP contribution in [-0.4, -0.2) is 36.7 Å². The molecule has 0 aromatic carbocycles. The lowest BCUT2D eigenvalue weighted by atomic mass is 10.3. The smallest absolute Gasteiger partial charge is 0.250 e. The highest BCUT2D eigenvalue weighted by atomic mass is 32.2. The van der Waals surface area contributed by atoms with E-state index in [1.54, 1.807) is 24.4 Å². The standard InChI is InChI=1S/C18H22N6O2S2/c1-3-14-4-7-18(27-14)28(25,26)21-11-10-20-15-5-6-16(24-23-15)22-17-12-13(2)8-9-19-17/h4-9,12,21H,3,10-11H2,1-2H3,(H,20,23)(H,19,22,24). The molecule has 3 heterocycles. The van der Waals surface area contributed by atoms with Crippen LogP contribution >= 0.6 is 11.3 Å². The fourth-order valence-electron chi connectivity index (χ4n) is 2.37. The maximum Gasteiger partial charge on any atom is 0.250 e. The molecule has 3 aromatic heterocycles. The van der Waals surface area contributed by atoms with E-state index in [1.165, 1.54) is 11.3 Å². The van der Waals surface area contributed by atoms with Gasteiger partial charge in [-0.1, -0.05) is 6.92 Å². The first-order valence-electron chi connectivity index (χ1n) is 8.82. The summed E-state index contributed by atoms with van der Waals surface area (Å²) in [6.07, 6.45) is 2.55. The summed E-state index contributed by atoms with van der Waals surface area (Å²) in [6.45, 7) is 4.63. The Balaban J connectivity index is 1.47. The van der Waals surface area contributed by atoms with Gasteiger partial charge >= 0.3 is 0 Å². The maximum absolute atomic E-state index is 12.2. The minimum Gasteiger partial charge on any atom is -0.367 e. The molecule has 3 aromatic rings. The molecule has 0 aliphatic heterocycles. The summed E-state index contributed by atoms with van der Waals surface area (Å²) in [5.41, 5.74) is 1.10. The van der Waals surface area contributed by atoms with Crippen LogP contribution in [0.5, 0.6) is 0 Å². The minimum atomic E-state index is -3.47. The molecule has 0 atom stereocenters. The number of nitrogens with zero attached hydrogens (tertiary/aromatic N) is 3. The van der Waals surface area contributed by atoms with E-state index in [0.29, 0.717) is 28.2 Å². The van der Waals surface area contributed by atoms with E-state index < -0.39 is 10.0 Å². The molecule has 0 aliphatic rings. The third-order valence-corrected chi connectivity index (χ3v) is 6.99. The third-order valence-electron chi connectivity index (χ3n) is 3.81. The number of thiophene rings is 1. The molecule has 8 nitrogen and oxygen atoms in total. The van der Waals surface area contributed by atoms with Crippen molar-refractivity contribution in [3.63, 3.8) is 0 Å². The Morgan fingerprint density at radius 1 is 1.00 bits per heavy atom. The van der Waals surface area contributed by atoms with Crippen molar-refractivity contribution in [3.05, 3.63) is 53.0 Å². The van der Waals surface area contributed by atoms with Gasteiger partial charge in [0.25, 0.3) is 0 Å². The molecular weight excluding hydrogens is 396 g/mol. The first kappa shape index (κ1) is 20.2. The molecule has 0 aliphatic carbocycles. The van der Waals surface area contributed by atoms with Crippen LogP contribution in [0.3, 0.4) is 0 Å². The van der Waals surface area contributed by atoms with Gasteiger partial charge in [-0.15, -0.1) is 21.5 Å². The predicted octanol–water partition coefficient (Wildman–Crippen LogP) is 2.94. The summed E-state index contributed by atoms with van der Waals surface area (Å²) in [4.78, 5) is 5.26. The van der Waals surface area contributed by atoms with Gasteiger partial charge in [0, 0.05) is 24.2 Å². The minimum absolute atomic E-state index is 0.247. The molecule has 3 rings (SSSR count). The lowest BCUT2D eigenvalue weighted by Crippen LogP contribution is -2.28. The van der Waals surface area contributed by atoms with Crippen molar-refractivity contribution in [2.45, 2.75) is 24.5 Å². The second-order valence-electron chi connectivity index (χ2n) is 6.05. The van der Waals surface area contributed by atoms with Gasteiger partial charge in [-0.25, -0.2) is 18.1 Å². The van der Waals surface area contributed by atoms with Crippen molar-refractivity contribution < 1.29 is 8.42 Å². The second kappa shape index (κ2) is 9.09. The van der Waals surface area contributed by atoms with E-state index in [-0.39, 0.29) is 6.54 Å². The number of rotatable bonds is 9. The Bertz CT molecular complexity index is 1020. The molecular formula is C18H22N6O2S2. The van der Waals surface area contributed by atoms with Crippen LogP contribution in [0.2, 0.25) is 0 Å². The number of anilines is 3. The van der Waals surface area contributed by atoms with Gasteiger partial charge < -0.3 is 10.6 Å². The fourth-order valence-corrected chi connectivity index (χ4v) is 4.74. The van der Waals surface area contributed by atoms with Crippen LogP contribution in [0.25, 0.3) is 0 Å². The van der Waals surface area contributed by atoms with E-state index in [2.05, 4.69) is 30.5 Å². The number of sulfonamides is 1. The number of nitrogens with one attached hydrogen (secondary N) is 3. The van der Waals surface area contributed by atoms with Crippen molar-refractivity contribution in [2.75, 3.05) is 23.7 Å². The molecule has 0 radical (unpaired) electrons. The molecule has 28 heavy (non-hydrogen) atoms. The summed E-state index contributed by atoms with van der Waals surface area (Å²) in [6, 6.07) is 10.9. The van der Waals surface area contributed by atoms with Gasteiger partial charge in [-0.3, -0.25) is 0 Å². The first-order chi connectivity index (χ1) is 13.5. The zero-order chi connectivity index (χ0) is 20.0. The zero-order valence-electron chi connectivity index (χ0n) is 15.6. The molecule has 0 fully saturated rings. The second-order valence-corrected chi connectivity index (χ2v) is 9.21. The molecule has 0 bridgehead atoms. The number of aromatic nitrogens is 3. The van der Waals surface area contributed by atoms with E-state index in [1.807, 2.05) is 32.0 Å². The summed E-state index contributed by atoms with van der Waals surface area (Å²) in [5, 5.41) is 14.3. The van der Waals surface area contributed by atoms with Crippen LogP contribution < -0.4 is 15.4 Å². The Morgan fingerprint density at radius 2 is 1.79 bits per heavy atom. The van der Waals surface area contributed by atoms with Gasteiger partial charge in [0.1, 0.15) is 15.8 Å². The number of aryl methyl sites for hydroxylation is 2. The number of pyridine rings is 1. The zero-order valence-corrected chi connectivity index (χ0v) is 17.3. The fraction of sp³-hybridized carbons (Fsp3) is 0.278. The van der Waals surface area contributed by atoms with E-state index in [9.17, 15) is 8.42 Å². The molecule has 3 N–H and O–H groups in total. The summed E-state index contributed by atoms with van der Waals surface area (Å²) < 4.78 is 27.4. The van der Waals surface area contributed by atoms with Gasteiger partial charge in [-0.2, -0.15) is 0 Å². The SMILES string of the molecule is CCc1ccc(S(=O)(=O)NCCNc2ccc(Nc3cc(C)ccn3)nn2)s1. The largest absolute Gasteiger partial charge is 0.367 e. The number of hydrogen-bond donors (Lipinski definition) is 3. The summed E-state index contributed by atoms with van der Waals surface area (Å²) >= 11 is 1.29. The van der Waals surface area contributed by atoms with Crippen LogP contribution in [0, 0.1) is 6.92 Å². The lowest BCUT2D eigenvalue weighted by Gasteiger charge is -2.08. The highest BCUT2D eigenvalue weighted by Gasteiger charge is 2.15. The highest BCUT2D eigenvalue weighted by Crippen LogP contribution is 2.21. The Hall–Kier alpha value is -2.56. The molecule has 10 heteroatoms. The van der Waals surface area contributed by atoms with Crippen molar-refractivity contribution in [1.82, 2.24) is 19.9 Å². The van der Waals surface area contributed by atoms with Crippen LogP contribution in [0.4, 0.5) is 17.5 Å². The Morgan fingerprint density at radius 3 is 2.46 bits per heavy atom. The molecule has 0 saturated heterocycles. The van der Waals surface area contributed by atoms with Crippen molar-refractivity contribution >= 4 is 38.8 Å². The average molecular weight is 419 g/mol. The average Bonchev–Trinajstić information content (AvgIpc) is 3.17. The van der Waals surface area contributed by atoms with Crippen molar-refractivity contribution in [2.24, 2.45) is 0 Å². The van der Waals surface area contributed by atoms with Gasteiger partial charge in [0.2, 0.25) is 10.0 Å². The van der Waals surface area contributed by atoms with Crippen LogP contribution in [0.1, 0.15) is 17.4 Å². The van der Waals surface area contributed by atoms with Crippen LogP contribution in [-0.2, 0) is 16.4 Å². The van der Waals surface area contributed by atoms with E-state index in [4.69, 9.17) is 0 Å². The normalized spacial score (nSPS) is 11.4. The first-order valence-corrected chi connectivity index (χ1v) is 11.1. The molecule has 0 saturated carbocycles. The monoisotopic (exact) mass is 418 g/mol. The van der Waals surface area contributed by atoms with E-state index in [0.717, 1.165) is 16.9 Å². The lowest BCUT2D eigenvalue weighted by molar-refractivity contribution is 0.585. The molecule has 0 unspecified atom stereocenters. The van der Waals surface area contributed by atoms with Crippen molar-refractivity contribution in [1.29, 1.82) is 0 Å². The van der Waals surface area contributed by atoms with E-state index >= 15 is 0 Å². The molecule has 0 spiro atoms. The van der Waals surface area contributed by atoms with Gasteiger partial charge in [0.15, 0.2) is 5.82 Å². The summed E-state index contributed by atoms with van der Waals surface area (Å²) in [7, 11) is -3.47. The Kier molecular flexibility index (Phi) is 6.55. The maximum atomic E-state index is 12.2. The van der Waals surface area contributed by atoms with Gasteiger partial charge in [0.05, 0.1) is 0 Å². The van der Waals surface area contributed by atoms with Crippen LogP contribution in [0.15, 0.2) is 46.8 Å². The predicted molar refractivity (Wildman–Crippen MR) is 112 cm³/mol. The highest BCUT2D eigenvalue weighted by molar-refractivity contribution is 7.91. The Labute approximate surface area is 168 Å². The van der Waals surface area contributed by atoms with Crippen molar-refractivity contribution in [3.8, 4) is 0 Å². The third kappa shape index (κ3) is 5.47.